The summed E-state index contributed by atoms with van der Waals surface area (Å²) >= 11 is 0. The summed E-state index contributed by atoms with van der Waals surface area (Å²) in [5.41, 5.74) is 0.284. The number of hydrogen-bond donors (Lipinski definition) is 1. The number of carbonyl (C=O) groups excluding carboxylic acids is 1. The zero-order valence-corrected chi connectivity index (χ0v) is 14.7. The summed E-state index contributed by atoms with van der Waals surface area (Å²) in [6, 6.07) is 7.31. The van der Waals surface area contributed by atoms with Crippen LogP contribution in [0.25, 0.3) is 10.8 Å². The fourth-order valence-corrected chi connectivity index (χ4v) is 4.03. The molecule has 1 amide bonds. The highest BCUT2D eigenvalue weighted by Crippen LogP contribution is 2.28. The molecule has 1 N–H and O–H groups in total. The van der Waals surface area contributed by atoms with Gasteiger partial charge < -0.3 is 10.2 Å². The molecule has 6 heteroatoms. The minimum absolute atomic E-state index is 0.0527. The summed E-state index contributed by atoms with van der Waals surface area (Å²) in [6.45, 7) is 8.11. The smallest absolute Gasteiger partial charge is 0.274 e. The first-order valence-electron chi connectivity index (χ1n) is 9.04. The van der Waals surface area contributed by atoms with Gasteiger partial charge in [0.1, 0.15) is 0 Å². The van der Waals surface area contributed by atoms with Gasteiger partial charge in [-0.05, 0) is 23.8 Å². The Morgan fingerprint density at radius 3 is 2.48 bits per heavy atom. The molecule has 0 unspecified atom stereocenters. The Hall–Kier alpha value is -2.21. The van der Waals surface area contributed by atoms with Crippen LogP contribution in [0.15, 0.2) is 29.1 Å². The SMILES string of the molecule is CC(C)Cn1nc(C(=O)N2C[C@H]3CNC[C@H]3C2)c2ccccc2c1=O. The Labute approximate surface area is 146 Å². The van der Waals surface area contributed by atoms with Crippen LogP contribution in [-0.4, -0.2) is 46.8 Å². The molecule has 0 aliphatic carbocycles. The van der Waals surface area contributed by atoms with Crippen molar-refractivity contribution in [1.29, 1.82) is 0 Å². The van der Waals surface area contributed by atoms with E-state index in [4.69, 9.17) is 0 Å². The van der Waals surface area contributed by atoms with Crippen molar-refractivity contribution in [3.8, 4) is 0 Å². The molecule has 0 spiro atoms. The van der Waals surface area contributed by atoms with Crippen LogP contribution in [-0.2, 0) is 6.54 Å². The number of rotatable bonds is 3. The van der Waals surface area contributed by atoms with Crippen molar-refractivity contribution in [1.82, 2.24) is 20.0 Å². The highest BCUT2D eigenvalue weighted by molar-refractivity contribution is 6.04. The average Bonchev–Trinajstić information content (AvgIpc) is 3.18. The van der Waals surface area contributed by atoms with Crippen LogP contribution >= 0.6 is 0 Å². The number of hydrogen-bond acceptors (Lipinski definition) is 4. The van der Waals surface area contributed by atoms with Gasteiger partial charge in [-0.2, -0.15) is 5.10 Å². The molecule has 0 saturated carbocycles. The number of amides is 1. The summed E-state index contributed by atoms with van der Waals surface area (Å²) in [4.78, 5) is 27.8. The van der Waals surface area contributed by atoms with Crippen LogP contribution in [0, 0.1) is 17.8 Å². The predicted molar refractivity (Wildman–Crippen MR) is 96.6 cm³/mol. The van der Waals surface area contributed by atoms with Crippen LogP contribution < -0.4 is 10.9 Å². The molecule has 2 fully saturated rings. The van der Waals surface area contributed by atoms with Gasteiger partial charge in [0.25, 0.3) is 11.5 Å². The maximum Gasteiger partial charge on any atom is 0.274 e. The van der Waals surface area contributed by atoms with Crippen molar-refractivity contribution < 1.29 is 4.79 Å². The summed E-state index contributed by atoms with van der Waals surface area (Å²) in [7, 11) is 0. The zero-order valence-electron chi connectivity index (χ0n) is 14.7. The molecule has 0 bridgehead atoms. The van der Waals surface area contributed by atoms with Crippen LogP contribution in [0.5, 0.6) is 0 Å². The fourth-order valence-electron chi connectivity index (χ4n) is 4.03. The van der Waals surface area contributed by atoms with E-state index >= 15 is 0 Å². The highest BCUT2D eigenvalue weighted by atomic mass is 16.2. The number of carbonyl (C=O) groups is 1. The molecule has 0 radical (unpaired) electrons. The number of aromatic nitrogens is 2. The van der Waals surface area contributed by atoms with Crippen LogP contribution in [0.3, 0.4) is 0 Å². The van der Waals surface area contributed by atoms with Crippen molar-refractivity contribution >= 4 is 16.7 Å². The van der Waals surface area contributed by atoms with Crippen molar-refractivity contribution in [3.05, 3.63) is 40.3 Å². The summed E-state index contributed by atoms with van der Waals surface area (Å²) in [5.74, 6) is 1.31. The molecule has 2 aliphatic heterocycles. The fraction of sp³-hybridized carbons (Fsp3) is 0.526. The predicted octanol–water partition coefficient (Wildman–Crippen LogP) is 1.34. The number of likely N-dealkylation sites (tertiary alicyclic amines) is 1. The van der Waals surface area contributed by atoms with E-state index in [-0.39, 0.29) is 17.4 Å². The Kier molecular flexibility index (Phi) is 4.07. The highest BCUT2D eigenvalue weighted by Gasteiger charge is 2.39. The summed E-state index contributed by atoms with van der Waals surface area (Å²) < 4.78 is 1.46. The van der Waals surface area contributed by atoms with Gasteiger partial charge in [-0.3, -0.25) is 9.59 Å². The van der Waals surface area contributed by atoms with E-state index < -0.39 is 0 Å². The van der Waals surface area contributed by atoms with E-state index in [1.807, 2.05) is 36.9 Å². The second-order valence-corrected chi connectivity index (χ2v) is 7.66. The Bertz CT molecular complexity index is 861. The maximum atomic E-state index is 13.2. The maximum absolute atomic E-state index is 13.2. The van der Waals surface area contributed by atoms with E-state index in [0.29, 0.717) is 34.8 Å². The van der Waals surface area contributed by atoms with Crippen molar-refractivity contribution in [3.63, 3.8) is 0 Å². The molecule has 2 aromatic rings. The minimum Gasteiger partial charge on any atom is -0.337 e. The lowest BCUT2D eigenvalue weighted by Gasteiger charge is -2.19. The normalized spacial score (nSPS) is 22.8. The molecule has 3 heterocycles. The number of nitrogens with zero attached hydrogens (tertiary/aromatic N) is 3. The van der Waals surface area contributed by atoms with Gasteiger partial charge in [0.2, 0.25) is 0 Å². The Morgan fingerprint density at radius 1 is 1.20 bits per heavy atom. The largest absolute Gasteiger partial charge is 0.337 e. The quantitative estimate of drug-likeness (QED) is 0.916. The molecule has 25 heavy (non-hydrogen) atoms. The van der Waals surface area contributed by atoms with E-state index in [2.05, 4.69) is 10.4 Å². The van der Waals surface area contributed by atoms with Gasteiger partial charge in [0.05, 0.1) is 5.39 Å². The van der Waals surface area contributed by atoms with Gasteiger partial charge in [-0.15, -0.1) is 0 Å². The molecule has 1 aromatic carbocycles. The average molecular weight is 340 g/mol. The number of fused-ring (bicyclic) bond motifs is 2. The minimum atomic E-state index is -0.122. The molecular formula is C19H24N4O2. The van der Waals surface area contributed by atoms with Gasteiger partial charge in [-0.25, -0.2) is 4.68 Å². The topological polar surface area (TPSA) is 67.2 Å². The van der Waals surface area contributed by atoms with Gasteiger partial charge in [0, 0.05) is 38.1 Å². The zero-order chi connectivity index (χ0) is 17.6. The number of benzene rings is 1. The van der Waals surface area contributed by atoms with Gasteiger partial charge in [-0.1, -0.05) is 32.0 Å². The lowest BCUT2D eigenvalue weighted by atomic mass is 10.0. The molecule has 132 valence electrons. The van der Waals surface area contributed by atoms with E-state index in [1.54, 1.807) is 6.07 Å². The monoisotopic (exact) mass is 340 g/mol. The van der Waals surface area contributed by atoms with Crippen molar-refractivity contribution in [2.75, 3.05) is 26.2 Å². The number of nitrogens with one attached hydrogen (secondary N) is 1. The van der Waals surface area contributed by atoms with Gasteiger partial charge >= 0.3 is 0 Å². The third-order valence-corrected chi connectivity index (χ3v) is 5.29. The van der Waals surface area contributed by atoms with Gasteiger partial charge in [0.15, 0.2) is 5.69 Å². The molecule has 6 nitrogen and oxygen atoms in total. The lowest BCUT2D eigenvalue weighted by molar-refractivity contribution is 0.0775. The first kappa shape index (κ1) is 16.3. The molecule has 2 saturated heterocycles. The van der Waals surface area contributed by atoms with Crippen LogP contribution in [0.1, 0.15) is 24.3 Å². The third kappa shape index (κ3) is 2.84. The summed E-state index contributed by atoms with van der Waals surface area (Å²) in [6.07, 6.45) is 0. The second-order valence-electron chi connectivity index (χ2n) is 7.66. The first-order valence-corrected chi connectivity index (χ1v) is 9.04. The van der Waals surface area contributed by atoms with Crippen molar-refractivity contribution in [2.45, 2.75) is 20.4 Å². The Morgan fingerprint density at radius 2 is 1.84 bits per heavy atom. The summed E-state index contributed by atoms with van der Waals surface area (Å²) in [5, 5.41) is 9.10. The molecule has 2 aliphatic rings. The molecular weight excluding hydrogens is 316 g/mol. The second kappa shape index (κ2) is 6.26. The van der Waals surface area contributed by atoms with E-state index in [1.165, 1.54) is 4.68 Å². The standard InChI is InChI=1S/C19H24N4O2/c1-12(2)9-23-18(24)16-6-4-3-5-15(16)17(21-23)19(25)22-10-13-7-20-8-14(13)11-22/h3-6,12-14,20H,7-11H2,1-2H3/t13-,14+. The third-order valence-electron chi connectivity index (χ3n) is 5.29. The van der Waals surface area contributed by atoms with Crippen LogP contribution in [0.2, 0.25) is 0 Å². The molecule has 2 atom stereocenters. The Balaban J connectivity index is 1.76. The van der Waals surface area contributed by atoms with Crippen molar-refractivity contribution in [2.24, 2.45) is 17.8 Å². The molecule has 4 rings (SSSR count). The van der Waals surface area contributed by atoms with Crippen LogP contribution in [0.4, 0.5) is 0 Å². The van der Waals surface area contributed by atoms with E-state index in [0.717, 1.165) is 26.2 Å². The molecule has 1 aromatic heterocycles. The van der Waals surface area contributed by atoms with E-state index in [9.17, 15) is 9.59 Å². The lowest BCUT2D eigenvalue weighted by Crippen LogP contribution is -2.35. The first-order chi connectivity index (χ1) is 12.0.